The highest BCUT2D eigenvalue weighted by atomic mass is 16.5. The molecule has 0 bridgehead atoms. The number of rotatable bonds is 9. The van der Waals surface area contributed by atoms with Crippen LogP contribution in [0.2, 0.25) is 0 Å². The molecule has 144 valence electrons. The van der Waals surface area contributed by atoms with E-state index in [0.29, 0.717) is 40.6 Å². The van der Waals surface area contributed by atoms with Crippen molar-refractivity contribution in [2.24, 2.45) is 0 Å². The van der Waals surface area contributed by atoms with Gasteiger partial charge in [-0.3, -0.25) is 9.59 Å². The normalized spacial score (nSPS) is 10.3. The highest BCUT2D eigenvalue weighted by Gasteiger charge is 2.13. The Hall–Kier alpha value is -3.22. The summed E-state index contributed by atoms with van der Waals surface area (Å²) in [6, 6.07) is 9.70. The fourth-order valence-corrected chi connectivity index (χ4v) is 2.46. The van der Waals surface area contributed by atoms with Gasteiger partial charge in [-0.15, -0.1) is 0 Å². The molecule has 1 amide bonds. The number of nitrogen functional groups attached to an aromatic ring is 1. The van der Waals surface area contributed by atoms with Crippen molar-refractivity contribution in [2.75, 3.05) is 19.4 Å². The number of carboxylic acids is 1. The maximum absolute atomic E-state index is 12.1. The Balaban J connectivity index is 2.15. The Bertz CT molecular complexity index is 820. The first-order chi connectivity index (χ1) is 12.9. The number of carbonyl (C=O) groups is 2. The first kappa shape index (κ1) is 20.1. The molecular formula is C20H24N2O5. The minimum atomic E-state index is -0.928. The topological polar surface area (TPSA) is 111 Å². The van der Waals surface area contributed by atoms with E-state index in [2.05, 4.69) is 12.2 Å². The van der Waals surface area contributed by atoms with Crippen molar-refractivity contribution in [3.63, 3.8) is 0 Å². The second-order valence-corrected chi connectivity index (χ2v) is 6.02. The van der Waals surface area contributed by atoms with E-state index in [1.165, 1.54) is 7.11 Å². The standard InChI is InChI=1S/C20H24N2O5/c1-3-4-9-22-20(25)14-6-8-16(15(21)12-14)27-17-7-5-13(11-19(23)24)10-18(17)26-2/h5-8,10,12H,3-4,9,11,21H2,1-2H3,(H,22,25)(H,23,24). The molecule has 0 aliphatic heterocycles. The molecule has 0 saturated carbocycles. The number of nitrogens with one attached hydrogen (secondary N) is 1. The molecule has 0 radical (unpaired) electrons. The largest absolute Gasteiger partial charge is 0.493 e. The van der Waals surface area contributed by atoms with E-state index in [1.807, 2.05) is 0 Å². The lowest BCUT2D eigenvalue weighted by Crippen LogP contribution is -2.24. The molecule has 0 aromatic heterocycles. The van der Waals surface area contributed by atoms with Crippen LogP contribution in [0.4, 0.5) is 5.69 Å². The Labute approximate surface area is 158 Å². The number of carboxylic acid groups (broad SMARTS) is 1. The number of ether oxygens (including phenoxy) is 2. The predicted octanol–water partition coefficient (Wildman–Crippen LogP) is 3.23. The summed E-state index contributed by atoms with van der Waals surface area (Å²) in [6.07, 6.45) is 1.81. The molecule has 0 aliphatic rings. The van der Waals surface area contributed by atoms with Gasteiger partial charge < -0.3 is 25.6 Å². The molecule has 7 heteroatoms. The van der Waals surface area contributed by atoms with Gasteiger partial charge in [0.2, 0.25) is 0 Å². The van der Waals surface area contributed by atoms with Crippen LogP contribution in [0.5, 0.6) is 17.2 Å². The molecule has 4 N–H and O–H groups in total. The SMILES string of the molecule is CCCCNC(=O)c1ccc(Oc2ccc(CC(=O)O)cc2OC)c(N)c1. The van der Waals surface area contributed by atoms with Gasteiger partial charge in [-0.05, 0) is 42.3 Å². The third kappa shape index (κ3) is 5.64. The number of carbonyl (C=O) groups excluding carboxylic acids is 1. The Morgan fingerprint density at radius 1 is 1.11 bits per heavy atom. The molecule has 0 aliphatic carbocycles. The zero-order valence-electron chi connectivity index (χ0n) is 15.5. The van der Waals surface area contributed by atoms with E-state index in [4.69, 9.17) is 20.3 Å². The quantitative estimate of drug-likeness (QED) is 0.460. The van der Waals surface area contributed by atoms with E-state index in [-0.39, 0.29) is 12.3 Å². The minimum absolute atomic E-state index is 0.110. The molecule has 0 heterocycles. The van der Waals surface area contributed by atoms with Crippen LogP contribution in [0.3, 0.4) is 0 Å². The molecule has 2 aromatic carbocycles. The lowest BCUT2D eigenvalue weighted by molar-refractivity contribution is -0.136. The fraction of sp³-hybridized carbons (Fsp3) is 0.300. The van der Waals surface area contributed by atoms with Crippen molar-refractivity contribution in [1.82, 2.24) is 5.32 Å². The Kier molecular flexibility index (Phi) is 7.05. The highest BCUT2D eigenvalue weighted by Crippen LogP contribution is 2.35. The van der Waals surface area contributed by atoms with E-state index in [9.17, 15) is 9.59 Å². The average Bonchev–Trinajstić information content (AvgIpc) is 2.64. The number of nitrogens with two attached hydrogens (primary N) is 1. The zero-order chi connectivity index (χ0) is 19.8. The molecule has 0 spiro atoms. The lowest BCUT2D eigenvalue weighted by Gasteiger charge is -2.14. The van der Waals surface area contributed by atoms with Crippen LogP contribution in [-0.2, 0) is 11.2 Å². The number of hydrogen-bond donors (Lipinski definition) is 3. The van der Waals surface area contributed by atoms with Crippen LogP contribution in [0.15, 0.2) is 36.4 Å². The predicted molar refractivity (Wildman–Crippen MR) is 103 cm³/mol. The van der Waals surface area contributed by atoms with Crippen LogP contribution in [0.25, 0.3) is 0 Å². The van der Waals surface area contributed by atoms with Gasteiger partial charge in [0.05, 0.1) is 19.2 Å². The monoisotopic (exact) mass is 372 g/mol. The van der Waals surface area contributed by atoms with Crippen molar-refractivity contribution in [1.29, 1.82) is 0 Å². The van der Waals surface area contributed by atoms with E-state index in [0.717, 1.165) is 12.8 Å². The summed E-state index contributed by atoms with van der Waals surface area (Å²) < 4.78 is 11.1. The van der Waals surface area contributed by atoms with Crippen molar-refractivity contribution >= 4 is 17.6 Å². The van der Waals surface area contributed by atoms with E-state index in [1.54, 1.807) is 36.4 Å². The Morgan fingerprint density at radius 2 is 1.85 bits per heavy atom. The molecule has 27 heavy (non-hydrogen) atoms. The first-order valence-corrected chi connectivity index (χ1v) is 8.68. The molecule has 0 saturated heterocycles. The summed E-state index contributed by atoms with van der Waals surface area (Å²) >= 11 is 0. The highest BCUT2D eigenvalue weighted by molar-refractivity contribution is 5.95. The zero-order valence-corrected chi connectivity index (χ0v) is 15.5. The van der Waals surface area contributed by atoms with E-state index < -0.39 is 5.97 Å². The summed E-state index contributed by atoms with van der Waals surface area (Å²) in [7, 11) is 1.47. The maximum atomic E-state index is 12.1. The van der Waals surface area contributed by atoms with E-state index >= 15 is 0 Å². The number of unbranched alkanes of at least 4 members (excludes halogenated alkanes) is 1. The molecule has 0 fully saturated rings. The molecule has 2 aromatic rings. The third-order valence-electron chi connectivity index (χ3n) is 3.89. The van der Waals surface area contributed by atoms with Crippen molar-refractivity contribution < 1.29 is 24.2 Å². The second kappa shape index (κ2) is 9.47. The smallest absolute Gasteiger partial charge is 0.307 e. The number of amides is 1. The van der Waals surface area contributed by atoms with Gasteiger partial charge in [0.1, 0.15) is 0 Å². The number of hydrogen-bond acceptors (Lipinski definition) is 5. The summed E-state index contributed by atoms with van der Waals surface area (Å²) in [4.78, 5) is 22.9. The first-order valence-electron chi connectivity index (χ1n) is 8.68. The number of benzene rings is 2. The number of methoxy groups -OCH3 is 1. The number of aliphatic carboxylic acids is 1. The van der Waals surface area contributed by atoms with Gasteiger partial charge in [0.25, 0.3) is 5.91 Å². The average molecular weight is 372 g/mol. The van der Waals surface area contributed by atoms with Gasteiger partial charge in [-0.2, -0.15) is 0 Å². The van der Waals surface area contributed by atoms with Gasteiger partial charge in [0, 0.05) is 12.1 Å². The third-order valence-corrected chi connectivity index (χ3v) is 3.89. The fourth-order valence-electron chi connectivity index (χ4n) is 2.46. The van der Waals surface area contributed by atoms with Crippen LogP contribution >= 0.6 is 0 Å². The van der Waals surface area contributed by atoms with Crippen molar-refractivity contribution in [2.45, 2.75) is 26.2 Å². The lowest BCUT2D eigenvalue weighted by atomic mass is 10.1. The molecule has 2 rings (SSSR count). The van der Waals surface area contributed by atoms with Crippen molar-refractivity contribution in [3.05, 3.63) is 47.5 Å². The summed E-state index contributed by atoms with van der Waals surface area (Å²) in [5, 5.41) is 11.7. The minimum Gasteiger partial charge on any atom is -0.493 e. The summed E-state index contributed by atoms with van der Waals surface area (Å²) in [5.74, 6) is 0.0671. The van der Waals surface area contributed by atoms with Gasteiger partial charge >= 0.3 is 5.97 Å². The Morgan fingerprint density at radius 3 is 2.48 bits per heavy atom. The summed E-state index contributed by atoms with van der Waals surface area (Å²) in [5.41, 5.74) is 7.39. The molecule has 7 nitrogen and oxygen atoms in total. The molecular weight excluding hydrogens is 348 g/mol. The second-order valence-electron chi connectivity index (χ2n) is 6.02. The maximum Gasteiger partial charge on any atom is 0.307 e. The van der Waals surface area contributed by atoms with Gasteiger partial charge in [0.15, 0.2) is 17.2 Å². The van der Waals surface area contributed by atoms with Gasteiger partial charge in [-0.25, -0.2) is 0 Å². The van der Waals surface area contributed by atoms with Crippen LogP contribution < -0.4 is 20.5 Å². The van der Waals surface area contributed by atoms with Crippen LogP contribution in [0, 0.1) is 0 Å². The van der Waals surface area contributed by atoms with Gasteiger partial charge in [-0.1, -0.05) is 19.4 Å². The van der Waals surface area contributed by atoms with Crippen molar-refractivity contribution in [3.8, 4) is 17.2 Å². The molecule has 0 unspecified atom stereocenters. The van der Waals surface area contributed by atoms with Crippen LogP contribution in [-0.4, -0.2) is 30.6 Å². The summed E-state index contributed by atoms with van der Waals surface area (Å²) in [6.45, 7) is 2.67. The van der Waals surface area contributed by atoms with Crippen LogP contribution in [0.1, 0.15) is 35.7 Å². The molecule has 0 atom stereocenters. The number of anilines is 1.